The van der Waals surface area contributed by atoms with Gasteiger partial charge in [0.1, 0.15) is 0 Å². The molecule has 4 amide bonds. The van der Waals surface area contributed by atoms with Crippen LogP contribution in [0.25, 0.3) is 0 Å². The first-order valence-corrected chi connectivity index (χ1v) is 20.4. The monoisotopic (exact) mass is 1050 g/mol. The maximum atomic E-state index is 15.4. The number of nitrogens with zero attached hydrogens (tertiary/aromatic N) is 2. The maximum Gasteiger partial charge on any atom is 0.430 e. The molecule has 6 rings (SSSR count). The van der Waals surface area contributed by atoms with Crippen molar-refractivity contribution >= 4 is 29.3 Å². The Morgan fingerprint density at radius 3 is 1.17 bits per heavy atom. The Labute approximate surface area is 393 Å². The Hall–Kier alpha value is -6.18. The largest absolute Gasteiger partial charge is 0.430 e. The van der Waals surface area contributed by atoms with E-state index in [9.17, 15) is 82.1 Å². The van der Waals surface area contributed by atoms with E-state index >= 15 is 26.3 Å². The molecule has 0 aromatic heterocycles. The number of benzene rings is 4. The summed E-state index contributed by atoms with van der Waals surface area (Å²) in [5.74, 6) is -6.57. The quantitative estimate of drug-likeness (QED) is 0.141. The summed E-state index contributed by atoms with van der Waals surface area (Å²) in [6.45, 7) is 7.34. The van der Waals surface area contributed by atoms with Gasteiger partial charge in [0, 0.05) is 16.7 Å². The van der Waals surface area contributed by atoms with E-state index in [1.807, 2.05) is 0 Å². The standard InChI is InChI=1S/C46H34F18N2O6/c1-36(2,3)28-13-7-20(16-29(28)39(71,43(53,54)55)44(56,57)58)15-21-8-14-31(30(17-21)40(72,45(59,60)61)46(62,63)64)65-32(67)24-11-9-22(18-26(24)33(65)68)38(41(47,48)49,42(50,51)52)23-10-12-25-27(19-23)35(70)66(34(25)69)37(4,5)6/h7-14,16-19,71-72H,15H2,1-6H3. The first-order chi connectivity index (χ1) is 32.2. The van der Waals surface area contributed by atoms with Crippen LogP contribution in [0.2, 0.25) is 0 Å². The SMILES string of the molecule is CC(C)(C)c1ccc(Cc2ccc(N3C(=O)c4ccc(C(c5ccc6c(c5)C(=O)N(C(C)(C)C)C6=O)(C(F)(F)F)C(F)(F)F)cc4C3=O)c(C(O)(C(F)(F)F)C(F)(F)F)c2)cc1C(O)(C(F)(F)F)C(F)(F)F. The molecule has 0 bridgehead atoms. The number of anilines is 1. The third-order valence-corrected chi connectivity index (χ3v) is 12.2. The summed E-state index contributed by atoms with van der Waals surface area (Å²) in [6.07, 6.45) is -41.0. The topological polar surface area (TPSA) is 115 Å². The molecule has 2 aliphatic heterocycles. The van der Waals surface area contributed by atoms with Gasteiger partial charge in [-0.3, -0.25) is 24.1 Å². The van der Waals surface area contributed by atoms with Gasteiger partial charge in [-0.15, -0.1) is 0 Å². The van der Waals surface area contributed by atoms with Crippen LogP contribution in [0.4, 0.5) is 84.7 Å². The van der Waals surface area contributed by atoms with Gasteiger partial charge in [0.05, 0.1) is 27.9 Å². The minimum Gasteiger partial charge on any atom is -0.369 e. The molecule has 0 unspecified atom stereocenters. The summed E-state index contributed by atoms with van der Waals surface area (Å²) in [5.41, 5.74) is -36.7. The zero-order valence-corrected chi connectivity index (χ0v) is 37.4. The lowest BCUT2D eigenvalue weighted by Gasteiger charge is -2.38. The molecule has 0 fully saturated rings. The molecule has 2 N–H and O–H groups in total. The minimum atomic E-state index is -6.90. The summed E-state index contributed by atoms with van der Waals surface area (Å²) in [4.78, 5) is 54.2. The third-order valence-electron chi connectivity index (χ3n) is 12.2. The zero-order chi connectivity index (χ0) is 55.1. The lowest BCUT2D eigenvalue weighted by atomic mass is 9.71. The molecule has 4 aromatic carbocycles. The molecule has 0 saturated heterocycles. The van der Waals surface area contributed by atoms with E-state index in [1.54, 1.807) is 0 Å². The number of halogens is 18. The van der Waals surface area contributed by atoms with Gasteiger partial charge >= 0.3 is 37.1 Å². The highest BCUT2D eigenvalue weighted by Gasteiger charge is 2.75. The van der Waals surface area contributed by atoms with Crippen LogP contribution >= 0.6 is 0 Å². The van der Waals surface area contributed by atoms with Gasteiger partial charge in [-0.1, -0.05) is 57.2 Å². The number of hydrogen-bond acceptors (Lipinski definition) is 6. The van der Waals surface area contributed by atoms with Gasteiger partial charge in [0.2, 0.25) is 5.41 Å². The molecular formula is C46H34F18N2O6. The number of rotatable bonds is 7. The molecule has 0 saturated carbocycles. The highest BCUT2D eigenvalue weighted by atomic mass is 19.4. The fourth-order valence-electron chi connectivity index (χ4n) is 8.76. The molecule has 72 heavy (non-hydrogen) atoms. The number of carbonyl (C=O) groups excluding carboxylic acids is 4. The van der Waals surface area contributed by atoms with Gasteiger partial charge < -0.3 is 10.2 Å². The van der Waals surface area contributed by atoms with Crippen LogP contribution in [-0.4, -0.2) is 81.3 Å². The van der Waals surface area contributed by atoms with Gasteiger partial charge in [-0.2, -0.15) is 79.0 Å². The van der Waals surface area contributed by atoms with Gasteiger partial charge in [-0.25, -0.2) is 4.90 Å². The number of amides is 4. The van der Waals surface area contributed by atoms with E-state index in [1.165, 1.54) is 20.8 Å². The highest BCUT2D eigenvalue weighted by Crippen LogP contribution is 2.59. The van der Waals surface area contributed by atoms with Gasteiger partial charge in [0.25, 0.3) is 34.8 Å². The molecule has 0 radical (unpaired) electrons. The van der Waals surface area contributed by atoms with Crippen LogP contribution in [0.15, 0.2) is 72.8 Å². The second-order valence-electron chi connectivity index (χ2n) is 18.9. The average molecular weight is 1050 g/mol. The number of fused-ring (bicyclic) bond motifs is 2. The number of hydrogen-bond donors (Lipinski definition) is 2. The van der Waals surface area contributed by atoms with Crippen molar-refractivity contribution in [3.63, 3.8) is 0 Å². The average Bonchev–Trinajstić information content (AvgIpc) is 3.60. The molecule has 0 spiro atoms. The first kappa shape index (κ1) is 55.1. The molecule has 0 atom stereocenters. The third kappa shape index (κ3) is 8.15. The van der Waals surface area contributed by atoms with E-state index in [-0.39, 0.29) is 48.5 Å². The predicted molar refractivity (Wildman–Crippen MR) is 214 cm³/mol. The lowest BCUT2D eigenvalue weighted by Crippen LogP contribution is -2.55. The van der Waals surface area contributed by atoms with Gasteiger partial charge in [-0.05, 0) is 96.8 Å². The van der Waals surface area contributed by atoms with E-state index in [4.69, 9.17) is 0 Å². The highest BCUT2D eigenvalue weighted by molar-refractivity contribution is 6.34. The van der Waals surface area contributed by atoms with Crippen molar-refractivity contribution in [3.05, 3.63) is 134 Å². The van der Waals surface area contributed by atoms with Crippen molar-refractivity contribution in [3.8, 4) is 0 Å². The maximum absolute atomic E-state index is 15.4. The van der Waals surface area contributed by atoms with Crippen LogP contribution in [0.3, 0.4) is 0 Å². The Morgan fingerprint density at radius 2 is 0.764 bits per heavy atom. The Kier molecular flexibility index (Phi) is 12.6. The summed E-state index contributed by atoms with van der Waals surface area (Å²) in [7, 11) is 0. The Morgan fingerprint density at radius 1 is 0.403 bits per heavy atom. The second kappa shape index (κ2) is 16.4. The number of aliphatic hydroxyl groups is 2. The summed E-state index contributed by atoms with van der Waals surface area (Å²) in [5, 5.41) is 21.0. The number of carbonyl (C=O) groups is 4. The summed E-state index contributed by atoms with van der Waals surface area (Å²) >= 11 is 0. The number of imide groups is 2. The molecule has 8 nitrogen and oxygen atoms in total. The van der Waals surface area contributed by atoms with E-state index in [0.29, 0.717) is 23.1 Å². The van der Waals surface area contributed by atoms with Crippen molar-refractivity contribution in [1.29, 1.82) is 0 Å². The van der Waals surface area contributed by atoms with Crippen LogP contribution in [0.1, 0.15) is 122 Å². The van der Waals surface area contributed by atoms with Crippen molar-refractivity contribution in [2.45, 2.75) is 113 Å². The van der Waals surface area contributed by atoms with Crippen molar-refractivity contribution in [2.24, 2.45) is 0 Å². The smallest absolute Gasteiger partial charge is 0.369 e. The molecule has 26 heteroatoms. The van der Waals surface area contributed by atoms with Crippen LogP contribution in [0, 0.1) is 0 Å². The predicted octanol–water partition coefficient (Wildman–Crippen LogP) is 11.8. The van der Waals surface area contributed by atoms with E-state index in [2.05, 4.69) is 0 Å². The fraction of sp³-hybridized carbons (Fsp3) is 0.391. The second-order valence-corrected chi connectivity index (χ2v) is 18.9. The molecule has 2 aliphatic rings. The van der Waals surface area contributed by atoms with Gasteiger partial charge in [0.15, 0.2) is 0 Å². The minimum absolute atomic E-state index is 0.000240. The molecule has 2 heterocycles. The van der Waals surface area contributed by atoms with Crippen LogP contribution < -0.4 is 4.90 Å². The van der Waals surface area contributed by atoms with E-state index < -0.39 is 166 Å². The fourth-order valence-corrected chi connectivity index (χ4v) is 8.76. The van der Waals surface area contributed by atoms with Crippen LogP contribution in [0.5, 0.6) is 0 Å². The van der Waals surface area contributed by atoms with Crippen molar-refractivity contribution in [2.75, 3.05) is 4.90 Å². The normalized spacial score (nSPS) is 16.0. The first-order valence-electron chi connectivity index (χ1n) is 20.4. The zero-order valence-electron chi connectivity index (χ0n) is 37.4. The van der Waals surface area contributed by atoms with Crippen LogP contribution in [-0.2, 0) is 28.5 Å². The Bertz CT molecular complexity index is 2870. The number of alkyl halides is 18. The summed E-state index contributed by atoms with van der Waals surface area (Å²) in [6, 6.07) is 2.67. The Balaban J connectivity index is 1.56. The molecular weight excluding hydrogens is 1020 g/mol. The van der Waals surface area contributed by atoms with E-state index in [0.717, 1.165) is 26.8 Å². The lowest BCUT2D eigenvalue weighted by molar-refractivity contribution is -0.376. The molecule has 0 aliphatic carbocycles. The molecule has 4 aromatic rings. The molecule has 390 valence electrons. The summed E-state index contributed by atoms with van der Waals surface area (Å²) < 4.78 is 265. The van der Waals surface area contributed by atoms with Crippen molar-refractivity contribution < 1.29 is 108 Å². The van der Waals surface area contributed by atoms with Crippen molar-refractivity contribution in [1.82, 2.24) is 4.90 Å².